The SMILES string of the molecule is CCNC(c1c(OC)cnn1CC)C1CN(C)CCO1. The molecule has 0 saturated carbocycles. The Bertz CT molecular complexity index is 400. The summed E-state index contributed by atoms with van der Waals surface area (Å²) in [6, 6.07) is 0.0974. The van der Waals surface area contributed by atoms with Gasteiger partial charge in [-0.15, -0.1) is 0 Å². The van der Waals surface area contributed by atoms with E-state index in [0.29, 0.717) is 0 Å². The zero-order chi connectivity index (χ0) is 14.5. The Morgan fingerprint density at radius 1 is 1.55 bits per heavy atom. The van der Waals surface area contributed by atoms with Gasteiger partial charge in [0, 0.05) is 19.6 Å². The standard InChI is InChI=1S/C14H26N4O2/c1-5-15-13(12-10-17(3)7-8-20-12)14-11(19-4)9-16-18(14)6-2/h9,12-13,15H,5-8,10H2,1-4H3. The van der Waals surface area contributed by atoms with E-state index in [-0.39, 0.29) is 12.1 Å². The molecule has 0 radical (unpaired) electrons. The third-order valence-corrected chi connectivity index (χ3v) is 3.75. The lowest BCUT2D eigenvalue weighted by Crippen LogP contribution is -2.47. The van der Waals surface area contributed by atoms with Gasteiger partial charge in [0.25, 0.3) is 0 Å². The van der Waals surface area contributed by atoms with Crippen LogP contribution < -0.4 is 10.1 Å². The molecule has 1 aromatic rings. The molecule has 20 heavy (non-hydrogen) atoms. The van der Waals surface area contributed by atoms with Gasteiger partial charge < -0.3 is 19.7 Å². The first kappa shape index (κ1) is 15.3. The fourth-order valence-electron chi connectivity index (χ4n) is 2.74. The second-order valence-corrected chi connectivity index (χ2v) is 5.12. The topological polar surface area (TPSA) is 51.5 Å². The third kappa shape index (κ3) is 3.13. The van der Waals surface area contributed by atoms with Crippen molar-refractivity contribution in [2.24, 2.45) is 0 Å². The van der Waals surface area contributed by atoms with Crippen molar-refractivity contribution >= 4 is 0 Å². The molecule has 0 bridgehead atoms. The molecule has 1 aliphatic heterocycles. The third-order valence-electron chi connectivity index (χ3n) is 3.75. The van der Waals surface area contributed by atoms with E-state index in [0.717, 1.165) is 44.2 Å². The molecule has 6 nitrogen and oxygen atoms in total. The van der Waals surface area contributed by atoms with E-state index < -0.39 is 0 Å². The number of aromatic nitrogens is 2. The molecule has 1 saturated heterocycles. The van der Waals surface area contributed by atoms with E-state index in [1.165, 1.54) is 0 Å². The van der Waals surface area contributed by atoms with E-state index in [4.69, 9.17) is 9.47 Å². The van der Waals surface area contributed by atoms with Gasteiger partial charge in [-0.05, 0) is 20.5 Å². The molecule has 0 spiro atoms. The first-order valence-corrected chi connectivity index (χ1v) is 7.34. The van der Waals surface area contributed by atoms with Crippen LogP contribution in [0.3, 0.4) is 0 Å². The van der Waals surface area contributed by atoms with Crippen LogP contribution in [0.25, 0.3) is 0 Å². The fraction of sp³-hybridized carbons (Fsp3) is 0.786. The molecular weight excluding hydrogens is 256 g/mol. The first-order chi connectivity index (χ1) is 9.71. The molecule has 2 unspecified atom stereocenters. The molecule has 0 aromatic carbocycles. The number of ether oxygens (including phenoxy) is 2. The van der Waals surface area contributed by atoms with Gasteiger partial charge in [0.05, 0.1) is 37.8 Å². The van der Waals surface area contributed by atoms with Crippen LogP contribution in [0.1, 0.15) is 25.6 Å². The average Bonchev–Trinajstić information content (AvgIpc) is 2.87. The zero-order valence-electron chi connectivity index (χ0n) is 12.9. The van der Waals surface area contributed by atoms with Gasteiger partial charge in [0.15, 0.2) is 5.75 Å². The average molecular weight is 282 g/mol. The maximum absolute atomic E-state index is 5.99. The number of nitrogens with zero attached hydrogens (tertiary/aromatic N) is 3. The van der Waals surface area contributed by atoms with Crippen molar-refractivity contribution in [3.05, 3.63) is 11.9 Å². The van der Waals surface area contributed by atoms with Crippen LogP contribution in [-0.4, -0.2) is 61.2 Å². The van der Waals surface area contributed by atoms with Crippen molar-refractivity contribution < 1.29 is 9.47 Å². The summed E-state index contributed by atoms with van der Waals surface area (Å²) in [5, 5.41) is 7.94. The summed E-state index contributed by atoms with van der Waals surface area (Å²) in [6.45, 7) is 8.57. The van der Waals surface area contributed by atoms with Gasteiger partial charge >= 0.3 is 0 Å². The van der Waals surface area contributed by atoms with E-state index in [2.05, 4.69) is 36.2 Å². The van der Waals surface area contributed by atoms with Crippen molar-refractivity contribution in [2.45, 2.75) is 32.5 Å². The second-order valence-electron chi connectivity index (χ2n) is 5.12. The Balaban J connectivity index is 2.29. The van der Waals surface area contributed by atoms with E-state index >= 15 is 0 Å². The summed E-state index contributed by atoms with van der Waals surface area (Å²) in [5.74, 6) is 0.828. The smallest absolute Gasteiger partial charge is 0.161 e. The fourth-order valence-corrected chi connectivity index (χ4v) is 2.74. The van der Waals surface area contributed by atoms with Gasteiger partial charge in [0.1, 0.15) is 0 Å². The molecule has 1 aliphatic rings. The maximum atomic E-state index is 5.99. The predicted molar refractivity (Wildman–Crippen MR) is 78.1 cm³/mol. The highest BCUT2D eigenvalue weighted by atomic mass is 16.5. The van der Waals surface area contributed by atoms with Gasteiger partial charge in [-0.1, -0.05) is 6.92 Å². The van der Waals surface area contributed by atoms with Crippen molar-refractivity contribution in [3.63, 3.8) is 0 Å². The highest BCUT2D eigenvalue weighted by Crippen LogP contribution is 2.29. The lowest BCUT2D eigenvalue weighted by Gasteiger charge is -2.35. The summed E-state index contributed by atoms with van der Waals surface area (Å²) in [4.78, 5) is 2.30. The van der Waals surface area contributed by atoms with Gasteiger partial charge in [-0.25, -0.2) is 0 Å². The Kier molecular flexibility index (Phi) is 5.39. The van der Waals surface area contributed by atoms with E-state index in [1.807, 2.05) is 4.68 Å². The van der Waals surface area contributed by atoms with Gasteiger partial charge in [0.2, 0.25) is 0 Å². The van der Waals surface area contributed by atoms with E-state index in [1.54, 1.807) is 13.3 Å². The number of hydrogen-bond acceptors (Lipinski definition) is 5. The molecule has 0 aliphatic carbocycles. The van der Waals surface area contributed by atoms with Gasteiger partial charge in [-0.3, -0.25) is 4.68 Å². The Morgan fingerprint density at radius 3 is 2.95 bits per heavy atom. The number of nitrogens with one attached hydrogen (secondary N) is 1. The summed E-state index contributed by atoms with van der Waals surface area (Å²) in [6.07, 6.45) is 1.90. The number of aryl methyl sites for hydroxylation is 1. The summed E-state index contributed by atoms with van der Waals surface area (Å²) >= 11 is 0. The lowest BCUT2D eigenvalue weighted by molar-refractivity contribution is -0.0407. The summed E-state index contributed by atoms with van der Waals surface area (Å²) < 4.78 is 13.5. The molecule has 1 fully saturated rings. The minimum absolute atomic E-state index is 0.0974. The molecular formula is C14H26N4O2. The van der Waals surface area contributed by atoms with Crippen LogP contribution in [0.5, 0.6) is 5.75 Å². The van der Waals surface area contributed by atoms with Crippen molar-refractivity contribution in [2.75, 3.05) is 40.4 Å². The van der Waals surface area contributed by atoms with Crippen molar-refractivity contribution in [1.29, 1.82) is 0 Å². The largest absolute Gasteiger partial charge is 0.493 e. The summed E-state index contributed by atoms with van der Waals surface area (Å²) in [7, 11) is 3.82. The molecule has 2 rings (SSSR count). The molecule has 6 heteroatoms. The normalized spacial score (nSPS) is 21.9. The minimum atomic E-state index is 0.0974. The zero-order valence-corrected chi connectivity index (χ0v) is 12.9. The molecule has 2 atom stereocenters. The van der Waals surface area contributed by atoms with Crippen LogP contribution >= 0.6 is 0 Å². The summed E-state index contributed by atoms with van der Waals surface area (Å²) in [5.41, 5.74) is 1.08. The van der Waals surface area contributed by atoms with Crippen molar-refractivity contribution in [3.8, 4) is 5.75 Å². The Hall–Kier alpha value is -1.11. The molecule has 1 aromatic heterocycles. The number of hydrogen-bond donors (Lipinski definition) is 1. The highest BCUT2D eigenvalue weighted by Gasteiger charge is 2.32. The number of morpholine rings is 1. The Morgan fingerprint density at radius 2 is 2.35 bits per heavy atom. The van der Waals surface area contributed by atoms with Gasteiger partial charge in [-0.2, -0.15) is 5.10 Å². The predicted octanol–water partition coefficient (Wildman–Crippen LogP) is 0.893. The molecule has 2 heterocycles. The van der Waals surface area contributed by atoms with Crippen LogP contribution in [0, 0.1) is 0 Å². The van der Waals surface area contributed by atoms with Crippen LogP contribution in [-0.2, 0) is 11.3 Å². The van der Waals surface area contributed by atoms with Crippen molar-refractivity contribution in [1.82, 2.24) is 20.0 Å². The monoisotopic (exact) mass is 282 g/mol. The maximum Gasteiger partial charge on any atom is 0.161 e. The number of rotatable bonds is 6. The van der Waals surface area contributed by atoms with Crippen LogP contribution in [0.4, 0.5) is 0 Å². The number of methoxy groups -OCH3 is 1. The Labute approximate surface area is 121 Å². The van der Waals surface area contributed by atoms with Crippen LogP contribution in [0.2, 0.25) is 0 Å². The molecule has 114 valence electrons. The van der Waals surface area contributed by atoms with Crippen LogP contribution in [0.15, 0.2) is 6.20 Å². The molecule has 1 N–H and O–H groups in total. The second kappa shape index (κ2) is 7.06. The van der Waals surface area contributed by atoms with E-state index in [9.17, 15) is 0 Å². The quantitative estimate of drug-likeness (QED) is 0.840. The lowest BCUT2D eigenvalue weighted by atomic mass is 10.0. The molecule has 0 amide bonds. The highest BCUT2D eigenvalue weighted by molar-refractivity contribution is 5.29. The minimum Gasteiger partial charge on any atom is -0.493 e. The number of likely N-dealkylation sites (N-methyl/N-ethyl adjacent to an activating group) is 2. The first-order valence-electron chi connectivity index (χ1n) is 7.34.